The highest BCUT2D eigenvalue weighted by atomic mass is 35.5. The number of carbonyl (C=O) groups is 1. The summed E-state index contributed by atoms with van der Waals surface area (Å²) in [7, 11) is 1.09. The highest BCUT2D eigenvalue weighted by Crippen LogP contribution is 2.40. The minimum atomic E-state index is -4.89. The molecule has 4 aromatic rings. The molecule has 0 N–H and O–H groups in total. The van der Waals surface area contributed by atoms with Crippen molar-refractivity contribution in [1.82, 2.24) is 19.9 Å². The van der Waals surface area contributed by atoms with Crippen LogP contribution in [-0.2, 0) is 17.3 Å². The molecule has 7 nitrogen and oxygen atoms in total. The van der Waals surface area contributed by atoms with Gasteiger partial charge in [-0.25, -0.2) is 23.2 Å². The first-order chi connectivity index (χ1) is 21.5. The van der Waals surface area contributed by atoms with Crippen molar-refractivity contribution in [2.45, 2.75) is 46.7 Å². The lowest BCUT2D eigenvalue weighted by molar-refractivity contribution is -0.142. The number of hydrogen-bond acceptors (Lipinski definition) is 7. The summed E-state index contributed by atoms with van der Waals surface area (Å²) >= 11 is 6.58. The maximum atomic E-state index is 14.1. The number of aromatic nitrogens is 4. The number of halogens is 6. The van der Waals surface area contributed by atoms with Gasteiger partial charge in [-0.15, -0.1) is 23.7 Å². The third kappa shape index (κ3) is 9.12. The highest BCUT2D eigenvalue weighted by molar-refractivity contribution is 7.12. The number of rotatable bonds is 8. The molecule has 0 aliphatic rings. The van der Waals surface area contributed by atoms with Gasteiger partial charge < -0.3 is 9.26 Å². The van der Waals surface area contributed by atoms with Crippen molar-refractivity contribution in [2.24, 2.45) is 0 Å². The van der Waals surface area contributed by atoms with Crippen LogP contribution in [-0.4, -0.2) is 39.7 Å². The fraction of sp³-hybridized carbons (Fsp3) is 0.290. The van der Waals surface area contributed by atoms with Crippen molar-refractivity contribution in [2.75, 3.05) is 13.8 Å². The standard InChI is InChI=1S/C21H16F4N4O3S.C8H8ClF.C2H6/c1-4-5-7-13(8-6-9-22)15-11-33-20(27-15)29-18(21(23,24)25)14(10-26-29)17-16(19(30)31-3)12(2)28-32-17;1-2-6-7(9)4-3-5-8(6)10;1-2/h1,6-8,10-11H,5,9H2,2-3H3;3-5H,2H2,1H3;1-2H3/b8-6-,13-7+;;. The van der Waals surface area contributed by atoms with Crippen LogP contribution < -0.4 is 0 Å². The van der Waals surface area contributed by atoms with Crippen molar-refractivity contribution in [1.29, 1.82) is 0 Å². The second-order valence-electron chi connectivity index (χ2n) is 8.47. The molecule has 14 heteroatoms. The van der Waals surface area contributed by atoms with E-state index in [4.69, 9.17) is 22.5 Å². The van der Waals surface area contributed by atoms with Gasteiger partial charge >= 0.3 is 12.1 Å². The molecule has 1 aromatic carbocycles. The number of alkyl halides is 4. The van der Waals surface area contributed by atoms with Gasteiger partial charge in [0.1, 0.15) is 18.1 Å². The Labute approximate surface area is 266 Å². The fourth-order valence-electron chi connectivity index (χ4n) is 3.79. The van der Waals surface area contributed by atoms with Gasteiger partial charge in [0, 0.05) is 22.4 Å². The second kappa shape index (κ2) is 17.3. The number of ether oxygens (including phenoxy) is 1. The number of aryl methyl sites for hydroxylation is 1. The summed E-state index contributed by atoms with van der Waals surface area (Å²) in [6.45, 7) is 6.55. The predicted molar refractivity (Wildman–Crippen MR) is 164 cm³/mol. The molecule has 4 rings (SSSR count). The molecule has 0 saturated carbocycles. The molecule has 0 aliphatic heterocycles. The van der Waals surface area contributed by atoms with Gasteiger partial charge in [0.25, 0.3) is 0 Å². The van der Waals surface area contributed by atoms with E-state index in [0.29, 0.717) is 33.0 Å². The van der Waals surface area contributed by atoms with Gasteiger partial charge in [0.2, 0.25) is 5.13 Å². The summed E-state index contributed by atoms with van der Waals surface area (Å²) in [6, 6.07) is 4.73. The Morgan fingerprint density at radius 3 is 2.56 bits per heavy atom. The van der Waals surface area contributed by atoms with Crippen LogP contribution in [0.3, 0.4) is 0 Å². The van der Waals surface area contributed by atoms with Crippen LogP contribution in [0.2, 0.25) is 5.02 Å². The first-order valence-corrected chi connectivity index (χ1v) is 14.7. The third-order valence-electron chi connectivity index (χ3n) is 5.75. The fourth-order valence-corrected chi connectivity index (χ4v) is 4.88. The molecule has 0 spiro atoms. The van der Waals surface area contributed by atoms with Gasteiger partial charge in [0.05, 0.1) is 30.3 Å². The number of hydrogen-bond donors (Lipinski definition) is 0. The van der Waals surface area contributed by atoms with Gasteiger partial charge in [0.15, 0.2) is 11.5 Å². The zero-order chi connectivity index (χ0) is 33.7. The van der Waals surface area contributed by atoms with E-state index in [2.05, 4.69) is 25.9 Å². The third-order valence-corrected chi connectivity index (χ3v) is 6.92. The summed E-state index contributed by atoms with van der Waals surface area (Å²) < 4.78 is 77.9. The summed E-state index contributed by atoms with van der Waals surface area (Å²) in [5.74, 6) is 0.873. The Bertz CT molecular complexity index is 1660. The summed E-state index contributed by atoms with van der Waals surface area (Å²) in [5, 5.41) is 9.34. The smallest absolute Gasteiger partial charge is 0.434 e. The number of allylic oxidation sites excluding steroid dienone is 4. The van der Waals surface area contributed by atoms with E-state index >= 15 is 0 Å². The lowest BCUT2D eigenvalue weighted by atomic mass is 10.1. The van der Waals surface area contributed by atoms with Crippen LogP contribution in [0.4, 0.5) is 22.0 Å². The topological polar surface area (TPSA) is 83.0 Å². The SMILES string of the molecule is C#CC/C=C(\C=C/CF)c1csc(-n2ncc(-c3onc(C)c3C(=O)OC)c2C(F)(F)F)n1.CC.CCc1c(F)cccc1Cl. The molecule has 0 bridgehead atoms. The van der Waals surface area contributed by atoms with Gasteiger partial charge in [-0.05, 0) is 31.1 Å². The minimum Gasteiger partial charge on any atom is -0.465 e. The van der Waals surface area contributed by atoms with Gasteiger partial charge in [-0.2, -0.15) is 18.3 Å². The molecule has 3 heterocycles. The van der Waals surface area contributed by atoms with Crippen molar-refractivity contribution in [3.63, 3.8) is 0 Å². The van der Waals surface area contributed by atoms with E-state index < -0.39 is 35.8 Å². The van der Waals surface area contributed by atoms with E-state index in [0.717, 1.165) is 24.6 Å². The monoisotopic (exact) mass is 668 g/mol. The van der Waals surface area contributed by atoms with Crippen LogP contribution in [0.5, 0.6) is 0 Å². The van der Waals surface area contributed by atoms with Crippen LogP contribution in [0.1, 0.15) is 60.2 Å². The maximum absolute atomic E-state index is 14.1. The molecular weight excluding hydrogens is 639 g/mol. The molecule has 45 heavy (non-hydrogen) atoms. The quantitative estimate of drug-likeness (QED) is 0.0806. The summed E-state index contributed by atoms with van der Waals surface area (Å²) in [6.07, 6.45) is 6.42. The van der Waals surface area contributed by atoms with E-state index in [1.807, 2.05) is 20.8 Å². The number of thiazole rings is 1. The number of terminal acetylenes is 1. The molecule has 0 amide bonds. The Morgan fingerprint density at radius 1 is 1.29 bits per heavy atom. The highest BCUT2D eigenvalue weighted by Gasteiger charge is 2.42. The second-order valence-corrected chi connectivity index (χ2v) is 9.72. The van der Waals surface area contributed by atoms with Gasteiger partial charge in [-0.1, -0.05) is 61.8 Å². The van der Waals surface area contributed by atoms with Crippen LogP contribution in [0, 0.1) is 25.1 Å². The zero-order valence-electron chi connectivity index (χ0n) is 25.0. The molecular formula is C31H30ClF5N4O3S. The average Bonchev–Trinajstić information content (AvgIpc) is 3.76. The largest absolute Gasteiger partial charge is 0.465 e. The summed E-state index contributed by atoms with van der Waals surface area (Å²) in [4.78, 5) is 16.3. The summed E-state index contributed by atoms with van der Waals surface area (Å²) in [5.41, 5.74) is -0.530. The Kier molecular flexibility index (Phi) is 14.2. The lowest BCUT2D eigenvalue weighted by Crippen LogP contribution is -2.15. The zero-order valence-corrected chi connectivity index (χ0v) is 26.6. The first-order valence-electron chi connectivity index (χ1n) is 13.4. The number of esters is 1. The van der Waals surface area contributed by atoms with E-state index in [1.165, 1.54) is 30.5 Å². The lowest BCUT2D eigenvalue weighted by Gasteiger charge is -2.10. The number of carbonyl (C=O) groups excluding carboxylic acids is 1. The van der Waals surface area contributed by atoms with E-state index in [-0.39, 0.29) is 28.6 Å². The molecule has 0 aliphatic carbocycles. The molecule has 0 fully saturated rings. The molecule has 0 atom stereocenters. The van der Waals surface area contributed by atoms with Gasteiger partial charge in [-0.3, -0.25) is 0 Å². The predicted octanol–water partition coefficient (Wildman–Crippen LogP) is 9.10. The number of benzene rings is 1. The molecule has 3 aromatic heterocycles. The van der Waals surface area contributed by atoms with E-state index in [1.54, 1.807) is 18.2 Å². The normalized spacial score (nSPS) is 11.4. The Morgan fingerprint density at radius 2 is 2.00 bits per heavy atom. The maximum Gasteiger partial charge on any atom is 0.434 e. The Hall–Kier alpha value is -4.28. The van der Waals surface area contributed by atoms with Crippen LogP contribution in [0.25, 0.3) is 22.0 Å². The van der Waals surface area contributed by atoms with Crippen LogP contribution >= 0.6 is 22.9 Å². The van der Waals surface area contributed by atoms with E-state index in [9.17, 15) is 26.7 Å². The molecule has 0 radical (unpaired) electrons. The Balaban J connectivity index is 0.000000495. The first kappa shape index (κ1) is 36.9. The molecule has 0 unspecified atom stereocenters. The number of methoxy groups -OCH3 is 1. The van der Waals surface area contributed by atoms with Crippen molar-refractivity contribution >= 4 is 34.5 Å². The van der Waals surface area contributed by atoms with Crippen molar-refractivity contribution in [3.05, 3.63) is 87.1 Å². The average molecular weight is 669 g/mol. The number of nitrogens with zero attached hydrogens (tertiary/aromatic N) is 4. The minimum absolute atomic E-state index is 0.0669. The van der Waals surface area contributed by atoms with Crippen molar-refractivity contribution < 1.29 is 36.0 Å². The molecule has 0 saturated heterocycles. The van der Waals surface area contributed by atoms with Crippen LogP contribution in [0.15, 0.2) is 52.5 Å². The van der Waals surface area contributed by atoms with Crippen molar-refractivity contribution in [3.8, 4) is 28.8 Å². The molecule has 240 valence electrons.